The van der Waals surface area contributed by atoms with Crippen molar-refractivity contribution in [3.8, 4) is 51.1 Å². The topological polar surface area (TPSA) is 42.8 Å². The van der Waals surface area contributed by atoms with Gasteiger partial charge >= 0.3 is 0 Å². The summed E-state index contributed by atoms with van der Waals surface area (Å²) in [5.74, 6) is 3.29. The Kier molecular flexibility index (Phi) is 9.80. The molecule has 0 saturated carbocycles. The highest BCUT2D eigenvalue weighted by Gasteiger charge is 2.33. The fraction of sp³-hybridized carbons (Fsp3) is 0.243. The van der Waals surface area contributed by atoms with Gasteiger partial charge < -0.3 is 19.3 Å². The lowest BCUT2D eigenvalue weighted by molar-refractivity contribution is 0.429. The molecule has 0 N–H and O–H groups in total. The van der Waals surface area contributed by atoms with Crippen molar-refractivity contribution in [2.75, 3.05) is 16.5 Å². The van der Waals surface area contributed by atoms with E-state index in [0.29, 0.717) is 28.8 Å². The third-order valence-electron chi connectivity index (χ3n) is 14.3. The van der Waals surface area contributed by atoms with Crippen LogP contribution >= 0.6 is 0 Å². The van der Waals surface area contributed by atoms with Crippen molar-refractivity contribution in [1.29, 1.82) is 0 Å². The number of ether oxygens (including phenoxy) is 2. The largest absolute Gasteiger partial charge is 0.457 e. The molecule has 0 unspecified atom stereocenters. The van der Waals surface area contributed by atoms with E-state index >= 15 is 0 Å². The van der Waals surface area contributed by atoms with Crippen molar-refractivity contribution in [3.05, 3.63) is 216 Å². The predicted octanol–water partition coefficient (Wildman–Crippen LogP) is 19.5. The van der Waals surface area contributed by atoms with Crippen molar-refractivity contribution in [1.82, 2.24) is 9.55 Å². The first-order valence-corrected chi connectivity index (χ1v) is 26.0. The van der Waals surface area contributed by atoms with Crippen LogP contribution in [-0.4, -0.2) is 16.2 Å². The highest BCUT2D eigenvalue weighted by atomic mass is 16.5. The zero-order chi connectivity index (χ0) is 62.0. The number of hydrogen-bond donors (Lipinski definition) is 0. The summed E-state index contributed by atoms with van der Waals surface area (Å²) < 4.78 is 104. The molecule has 0 saturated heterocycles. The Morgan fingerprint density at radius 2 is 1.04 bits per heavy atom. The zero-order valence-electron chi connectivity index (χ0n) is 55.5. The molecule has 0 fully saturated rings. The second-order valence-corrected chi connectivity index (χ2v) is 23.9. The van der Waals surface area contributed by atoms with Crippen LogP contribution in [0.1, 0.15) is 119 Å². The molecule has 0 aliphatic carbocycles. The fourth-order valence-electron chi connectivity index (χ4n) is 10.3. The van der Waals surface area contributed by atoms with Gasteiger partial charge in [0.15, 0.2) is 0 Å². The molecule has 0 amide bonds. The zero-order valence-corrected chi connectivity index (χ0v) is 45.5. The minimum atomic E-state index is -0.556. The Balaban J connectivity index is 1.01. The van der Waals surface area contributed by atoms with Gasteiger partial charge in [-0.15, -0.1) is 0 Å². The third kappa shape index (κ3) is 9.51. The quantitative estimate of drug-likeness (QED) is 0.144. The monoisotopic (exact) mass is 1010 g/mol. The van der Waals surface area contributed by atoms with Crippen LogP contribution in [0.2, 0.25) is 0 Å². The van der Waals surface area contributed by atoms with E-state index in [1.165, 1.54) is 11.1 Å². The van der Waals surface area contributed by atoms with E-state index in [-0.39, 0.29) is 56.3 Å². The Morgan fingerprint density at radius 1 is 0.461 bits per heavy atom. The van der Waals surface area contributed by atoms with E-state index in [1.54, 1.807) is 24.4 Å². The van der Waals surface area contributed by atoms with Gasteiger partial charge in [-0.25, -0.2) is 4.98 Å². The average Bonchev–Trinajstić information content (AvgIpc) is 1.55. The van der Waals surface area contributed by atoms with Crippen LogP contribution in [0, 0.1) is 0 Å². The molecule has 382 valence electrons. The van der Waals surface area contributed by atoms with Gasteiger partial charge in [-0.3, -0.25) is 4.57 Å². The normalized spacial score (nSPS) is 15.0. The van der Waals surface area contributed by atoms with Crippen LogP contribution in [0.4, 0.5) is 22.7 Å². The molecular formula is C70H70N4O2. The van der Waals surface area contributed by atoms with Crippen molar-refractivity contribution in [2.45, 2.75) is 105 Å². The van der Waals surface area contributed by atoms with Gasteiger partial charge in [-0.2, -0.15) is 0 Å². The average molecular weight is 1010 g/mol. The van der Waals surface area contributed by atoms with E-state index in [4.69, 9.17) is 28.2 Å². The van der Waals surface area contributed by atoms with E-state index < -0.39 is 60.4 Å². The Bertz CT molecular complexity index is 4230. The Morgan fingerprint density at radius 3 is 1.64 bits per heavy atom. The van der Waals surface area contributed by atoms with Crippen molar-refractivity contribution >= 4 is 44.6 Å². The summed E-state index contributed by atoms with van der Waals surface area (Å²) >= 11 is 0. The summed E-state index contributed by atoms with van der Waals surface area (Å²) in [6.45, 7) is 26.9. The van der Waals surface area contributed by atoms with Gasteiger partial charge in [-0.1, -0.05) is 198 Å². The van der Waals surface area contributed by atoms with Gasteiger partial charge in [-0.05, 0) is 98.5 Å². The van der Waals surface area contributed by atoms with Crippen molar-refractivity contribution in [3.63, 3.8) is 0 Å². The third-order valence-corrected chi connectivity index (χ3v) is 14.3. The lowest BCUT2D eigenvalue weighted by Gasteiger charge is -2.33. The number of anilines is 4. The van der Waals surface area contributed by atoms with Gasteiger partial charge in [0.1, 0.15) is 35.5 Å². The van der Waals surface area contributed by atoms with Crippen LogP contribution in [0.3, 0.4) is 0 Å². The van der Waals surface area contributed by atoms with Gasteiger partial charge in [0.2, 0.25) is 0 Å². The second kappa shape index (κ2) is 18.9. The maximum atomic E-state index is 9.12. The number of rotatable bonds is 9. The molecule has 76 heavy (non-hydrogen) atoms. The van der Waals surface area contributed by atoms with Crippen molar-refractivity contribution in [2.24, 2.45) is 0 Å². The molecule has 11 rings (SSSR count). The lowest BCUT2D eigenvalue weighted by Crippen LogP contribution is -2.24. The minimum absolute atomic E-state index is 0.0756. The number of hydrogen-bond acceptors (Lipinski definition) is 5. The molecular weight excluding hydrogens is 929 g/mol. The predicted molar refractivity (Wildman–Crippen MR) is 319 cm³/mol. The first-order valence-electron chi connectivity index (χ1n) is 31.0. The maximum Gasteiger partial charge on any atom is 0.141 e. The van der Waals surface area contributed by atoms with E-state index in [1.807, 2.05) is 77.7 Å². The lowest BCUT2D eigenvalue weighted by atomic mass is 9.74. The maximum absolute atomic E-state index is 9.12. The molecule has 0 bridgehead atoms. The molecule has 6 heteroatoms. The van der Waals surface area contributed by atoms with Crippen LogP contribution in [0.15, 0.2) is 194 Å². The minimum Gasteiger partial charge on any atom is -0.457 e. The van der Waals surface area contributed by atoms with E-state index in [9.17, 15) is 0 Å². The van der Waals surface area contributed by atoms with Gasteiger partial charge in [0.05, 0.1) is 41.8 Å². The molecule has 0 spiro atoms. The van der Waals surface area contributed by atoms with Gasteiger partial charge in [0.25, 0.3) is 0 Å². The van der Waals surface area contributed by atoms with Crippen LogP contribution < -0.4 is 19.3 Å². The van der Waals surface area contributed by atoms with Crippen LogP contribution in [0.5, 0.6) is 23.0 Å². The molecule has 8 aromatic carbocycles. The van der Waals surface area contributed by atoms with E-state index in [0.717, 1.165) is 50.1 Å². The molecule has 6 nitrogen and oxygen atoms in total. The standard InChI is InChI=1S/C70H70N4O2/c1-67(2,3)48-33-36-60-57(39-48)56-35-34-52(43-63(56)74(60)64-44-53(37-38-71-64)76-66-58(69(7,8)9)40-49(68(4,5)6)41-59(66)70(10,11)12)75-51-28-21-27-50(42-51)72-45-73(62-32-20-19-31-61(62)72)65-54(46-23-15-13-16-24-46)29-22-30-55(65)47-25-17-14-18-26-47/h13-44H,45H2,1-12H3/i13D,14D,15D,16D,17D,18D,23D,24D,25D,26D. The summed E-state index contributed by atoms with van der Waals surface area (Å²) in [5.41, 5.74) is 8.58. The summed E-state index contributed by atoms with van der Waals surface area (Å²) in [6, 6.07) is 36.4. The second-order valence-electron chi connectivity index (χ2n) is 23.9. The number of fused-ring (bicyclic) bond motifs is 4. The van der Waals surface area contributed by atoms with Gasteiger partial charge in [0, 0.05) is 63.1 Å². The summed E-state index contributed by atoms with van der Waals surface area (Å²) in [5, 5.41) is 2.08. The molecule has 2 aromatic heterocycles. The summed E-state index contributed by atoms with van der Waals surface area (Å²) in [6.07, 6.45) is 1.80. The first-order chi connectivity index (χ1) is 40.3. The number of para-hydroxylation sites is 3. The molecule has 0 radical (unpaired) electrons. The molecule has 1 aliphatic heterocycles. The Hall–Kier alpha value is -8.09. The summed E-state index contributed by atoms with van der Waals surface area (Å²) in [7, 11) is 0. The number of aromatic nitrogens is 2. The number of nitrogens with zero attached hydrogens (tertiary/aromatic N) is 4. The molecule has 0 atom stereocenters. The molecule has 10 aromatic rings. The number of pyridine rings is 1. The van der Waals surface area contributed by atoms with Crippen LogP contribution in [-0.2, 0) is 21.7 Å². The van der Waals surface area contributed by atoms with Crippen molar-refractivity contribution < 1.29 is 23.2 Å². The van der Waals surface area contributed by atoms with E-state index in [2.05, 4.69) is 129 Å². The highest BCUT2D eigenvalue weighted by Crippen LogP contribution is 2.51. The summed E-state index contributed by atoms with van der Waals surface area (Å²) in [4.78, 5) is 8.98. The molecule has 3 heterocycles. The Labute approximate surface area is 464 Å². The fourth-order valence-corrected chi connectivity index (χ4v) is 10.3. The SMILES string of the molecule is [2H]c1c([2H])c([2H])c(-c2cccc(-c3c([2H])c([2H])c([2H])c([2H])c3[2H])c2N2CN(c3cccc(Oc4ccc5c6cc(C(C)(C)C)ccc6n(-c6cc(Oc7c(C(C)(C)C)cc(C(C)(C)C)cc7C(C)(C)C)ccn6)c5c4)c3)c3ccccc32)c([2H])c1[2H]. The first kappa shape index (κ1) is 39.3. The molecule has 1 aliphatic rings. The number of benzene rings is 8. The highest BCUT2D eigenvalue weighted by molar-refractivity contribution is 6.10. The smallest absolute Gasteiger partial charge is 0.141 e. The van der Waals surface area contributed by atoms with Crippen LogP contribution in [0.25, 0.3) is 49.9 Å².